The van der Waals surface area contributed by atoms with Gasteiger partial charge in [-0.05, 0) is 45.1 Å². The smallest absolute Gasteiger partial charge is 0.262 e. The van der Waals surface area contributed by atoms with E-state index in [-0.39, 0.29) is 11.5 Å². The maximum absolute atomic E-state index is 12.8. The van der Waals surface area contributed by atoms with Gasteiger partial charge in [0.2, 0.25) is 5.91 Å². The van der Waals surface area contributed by atoms with Crippen LogP contribution in [0.1, 0.15) is 66.0 Å². The van der Waals surface area contributed by atoms with Crippen LogP contribution in [0.2, 0.25) is 0 Å². The fraction of sp³-hybridized carbons (Fsp3) is 0.571. The highest BCUT2D eigenvalue weighted by Crippen LogP contribution is 2.38. The number of aryl methyl sites for hydroxylation is 3. The summed E-state index contributed by atoms with van der Waals surface area (Å²) < 4.78 is 1.57. The second-order valence-electron chi connectivity index (χ2n) is 8.46. The van der Waals surface area contributed by atoms with Crippen molar-refractivity contribution in [3.8, 4) is 0 Å². The number of hydrogen-bond donors (Lipinski definition) is 1. The Labute approximate surface area is 178 Å². The van der Waals surface area contributed by atoms with Crippen LogP contribution in [0.3, 0.4) is 0 Å². The van der Waals surface area contributed by atoms with Gasteiger partial charge in [-0.25, -0.2) is 9.97 Å². The molecular weight excluding hydrogens is 400 g/mol. The van der Waals surface area contributed by atoms with E-state index in [0.717, 1.165) is 52.9 Å². The van der Waals surface area contributed by atoms with Crippen molar-refractivity contribution < 1.29 is 4.79 Å². The molecule has 3 aromatic heterocycles. The Morgan fingerprint density at radius 1 is 1.20 bits per heavy atom. The molecule has 1 amide bonds. The number of piperidine rings is 1. The molecule has 1 saturated carbocycles. The summed E-state index contributed by atoms with van der Waals surface area (Å²) in [6, 6.07) is 0. The molecule has 9 heteroatoms. The topological polar surface area (TPSA) is 96.8 Å². The molecule has 2 aliphatic rings. The van der Waals surface area contributed by atoms with Crippen molar-refractivity contribution in [3.63, 3.8) is 0 Å². The second kappa shape index (κ2) is 7.61. The molecule has 5 rings (SSSR count). The van der Waals surface area contributed by atoms with Gasteiger partial charge in [0.25, 0.3) is 5.56 Å². The van der Waals surface area contributed by atoms with Gasteiger partial charge in [0, 0.05) is 42.8 Å². The maximum atomic E-state index is 12.8. The van der Waals surface area contributed by atoms with Crippen LogP contribution in [0.5, 0.6) is 0 Å². The molecule has 158 valence electrons. The Morgan fingerprint density at radius 2 is 1.97 bits per heavy atom. The van der Waals surface area contributed by atoms with Crippen LogP contribution in [0.15, 0.2) is 11.1 Å². The first-order valence-corrected chi connectivity index (χ1v) is 11.5. The molecule has 4 heterocycles. The normalized spacial score (nSPS) is 17.7. The average molecular weight is 427 g/mol. The Hall–Kier alpha value is -2.55. The molecule has 0 spiro atoms. The molecule has 0 aromatic carbocycles. The zero-order valence-corrected chi connectivity index (χ0v) is 18.2. The Balaban J connectivity index is 1.18. The van der Waals surface area contributed by atoms with Gasteiger partial charge < -0.3 is 4.90 Å². The number of H-pyrrole nitrogens is 1. The molecule has 2 fully saturated rings. The van der Waals surface area contributed by atoms with Gasteiger partial charge in [-0.15, -0.1) is 11.3 Å². The standard InChI is InChI=1S/C21H26N6O2S/c1-12-13(2)30-20-17(12)21(29)27(11-22-20)10-7-16(28)26-8-5-15(6-9-26)19-23-18(24-25-19)14-3-4-14/h11,14-15H,3-10H2,1-2H3,(H,23,24,25). The first-order valence-electron chi connectivity index (χ1n) is 10.7. The minimum atomic E-state index is -0.0508. The quantitative estimate of drug-likeness (QED) is 0.677. The fourth-order valence-corrected chi connectivity index (χ4v) is 5.19. The zero-order valence-electron chi connectivity index (χ0n) is 17.3. The van der Waals surface area contributed by atoms with E-state index in [1.54, 1.807) is 22.2 Å². The molecular formula is C21H26N6O2S. The van der Waals surface area contributed by atoms with Crippen LogP contribution in [-0.2, 0) is 11.3 Å². The largest absolute Gasteiger partial charge is 0.343 e. The third kappa shape index (κ3) is 3.55. The Bertz CT molecular complexity index is 1150. The Kier molecular flexibility index (Phi) is 4.92. The van der Waals surface area contributed by atoms with Gasteiger partial charge in [-0.2, -0.15) is 5.10 Å². The summed E-state index contributed by atoms with van der Waals surface area (Å²) in [5.74, 6) is 2.91. The molecule has 3 aromatic rings. The van der Waals surface area contributed by atoms with Crippen LogP contribution >= 0.6 is 11.3 Å². The van der Waals surface area contributed by atoms with Crippen molar-refractivity contribution in [3.05, 3.63) is 38.8 Å². The lowest BCUT2D eigenvalue weighted by Crippen LogP contribution is -2.38. The van der Waals surface area contributed by atoms with Gasteiger partial charge >= 0.3 is 0 Å². The number of carbonyl (C=O) groups excluding carboxylic acids is 1. The highest BCUT2D eigenvalue weighted by molar-refractivity contribution is 7.18. The van der Waals surface area contributed by atoms with Crippen molar-refractivity contribution in [2.75, 3.05) is 13.1 Å². The van der Waals surface area contributed by atoms with Gasteiger partial charge in [-0.3, -0.25) is 19.3 Å². The molecule has 1 aliphatic heterocycles. The zero-order chi connectivity index (χ0) is 20.8. The van der Waals surface area contributed by atoms with Gasteiger partial charge in [0.05, 0.1) is 11.7 Å². The summed E-state index contributed by atoms with van der Waals surface area (Å²) in [5.41, 5.74) is 0.942. The fourth-order valence-electron chi connectivity index (χ4n) is 4.20. The first-order chi connectivity index (χ1) is 14.5. The summed E-state index contributed by atoms with van der Waals surface area (Å²) in [4.78, 5) is 38.4. The number of carbonyl (C=O) groups is 1. The predicted octanol–water partition coefficient (Wildman–Crippen LogP) is 2.87. The molecule has 0 radical (unpaired) electrons. The molecule has 1 N–H and O–H groups in total. The van der Waals surface area contributed by atoms with E-state index in [9.17, 15) is 9.59 Å². The minimum Gasteiger partial charge on any atom is -0.343 e. The van der Waals surface area contributed by atoms with Gasteiger partial charge in [0.15, 0.2) is 5.82 Å². The van der Waals surface area contributed by atoms with Crippen molar-refractivity contribution >= 4 is 27.5 Å². The van der Waals surface area contributed by atoms with Crippen molar-refractivity contribution in [1.82, 2.24) is 29.6 Å². The highest BCUT2D eigenvalue weighted by atomic mass is 32.1. The van der Waals surface area contributed by atoms with E-state index in [2.05, 4.69) is 20.2 Å². The number of aromatic nitrogens is 5. The minimum absolute atomic E-state index is 0.0508. The van der Waals surface area contributed by atoms with Crippen LogP contribution < -0.4 is 5.56 Å². The maximum Gasteiger partial charge on any atom is 0.262 e. The molecule has 8 nitrogen and oxygen atoms in total. The number of fused-ring (bicyclic) bond motifs is 1. The number of thiophene rings is 1. The molecule has 0 unspecified atom stereocenters. The summed E-state index contributed by atoms with van der Waals surface area (Å²) in [7, 11) is 0. The van der Waals surface area contributed by atoms with E-state index in [1.165, 1.54) is 12.8 Å². The van der Waals surface area contributed by atoms with Crippen LogP contribution in [0, 0.1) is 13.8 Å². The lowest BCUT2D eigenvalue weighted by Gasteiger charge is -2.31. The van der Waals surface area contributed by atoms with E-state index >= 15 is 0 Å². The second-order valence-corrected chi connectivity index (χ2v) is 9.67. The van der Waals surface area contributed by atoms with Crippen LogP contribution in [0.25, 0.3) is 10.2 Å². The number of nitrogens with zero attached hydrogens (tertiary/aromatic N) is 5. The van der Waals surface area contributed by atoms with Crippen molar-refractivity contribution in [2.45, 2.75) is 64.3 Å². The number of nitrogens with one attached hydrogen (secondary N) is 1. The monoisotopic (exact) mass is 426 g/mol. The van der Waals surface area contributed by atoms with Crippen molar-refractivity contribution in [1.29, 1.82) is 0 Å². The highest BCUT2D eigenvalue weighted by Gasteiger charge is 2.30. The third-order valence-electron chi connectivity index (χ3n) is 6.42. The molecule has 30 heavy (non-hydrogen) atoms. The van der Waals surface area contributed by atoms with E-state index in [0.29, 0.717) is 30.2 Å². The summed E-state index contributed by atoms with van der Waals surface area (Å²) in [5, 5.41) is 8.15. The predicted molar refractivity (Wildman–Crippen MR) is 115 cm³/mol. The average Bonchev–Trinajstić information content (AvgIpc) is 3.41. The summed E-state index contributed by atoms with van der Waals surface area (Å²) in [6.07, 6.45) is 6.06. The van der Waals surface area contributed by atoms with E-state index in [4.69, 9.17) is 0 Å². The summed E-state index contributed by atoms with van der Waals surface area (Å²) in [6.45, 7) is 5.76. The molecule has 0 bridgehead atoms. The van der Waals surface area contributed by atoms with Gasteiger partial charge in [-0.1, -0.05) is 0 Å². The lowest BCUT2D eigenvalue weighted by molar-refractivity contribution is -0.132. The SMILES string of the molecule is Cc1sc2ncn(CCC(=O)N3CCC(c4nc(C5CC5)n[nH]4)CC3)c(=O)c2c1C. The lowest BCUT2D eigenvalue weighted by atomic mass is 9.96. The molecule has 1 aliphatic carbocycles. The van der Waals surface area contributed by atoms with E-state index in [1.807, 2.05) is 18.7 Å². The molecule has 0 atom stereocenters. The number of hydrogen-bond acceptors (Lipinski definition) is 6. The number of aromatic amines is 1. The number of rotatable bonds is 5. The van der Waals surface area contributed by atoms with Crippen LogP contribution in [0.4, 0.5) is 0 Å². The summed E-state index contributed by atoms with van der Waals surface area (Å²) >= 11 is 1.54. The first kappa shape index (κ1) is 19.4. The molecule has 1 saturated heterocycles. The third-order valence-corrected chi connectivity index (χ3v) is 7.53. The Morgan fingerprint density at radius 3 is 2.70 bits per heavy atom. The van der Waals surface area contributed by atoms with E-state index < -0.39 is 0 Å². The van der Waals surface area contributed by atoms with Crippen molar-refractivity contribution in [2.24, 2.45) is 0 Å². The van der Waals surface area contributed by atoms with Gasteiger partial charge in [0.1, 0.15) is 10.7 Å². The van der Waals surface area contributed by atoms with Crippen LogP contribution in [-0.4, -0.2) is 48.6 Å². The number of amides is 1. The number of likely N-dealkylation sites (tertiary alicyclic amines) is 1.